The highest BCUT2D eigenvalue weighted by molar-refractivity contribution is 9.10. The van der Waals surface area contributed by atoms with Crippen molar-refractivity contribution in [2.75, 3.05) is 18.1 Å². The standard InChI is InChI=1S/C13H15BrFN7O3S/c1-26(24)22-10(16)4-5-17-12-11(20-25-21-12)13(19-23)18-7-2-3-9(15)8(14)6-7/h2-3,6,23H,4-5H2,1H3,(H2,16,22)(H,17,21)(H,18,19). The van der Waals surface area contributed by atoms with Crippen LogP contribution in [-0.2, 0) is 11.0 Å². The van der Waals surface area contributed by atoms with Crippen LogP contribution in [-0.4, -0.2) is 44.2 Å². The highest BCUT2D eigenvalue weighted by atomic mass is 79.9. The number of aromatic nitrogens is 2. The van der Waals surface area contributed by atoms with Crippen LogP contribution in [0.1, 0.15) is 12.1 Å². The third-order valence-corrected chi connectivity index (χ3v) is 3.98. The van der Waals surface area contributed by atoms with Crippen LogP contribution < -0.4 is 16.5 Å². The Morgan fingerprint density at radius 1 is 1.50 bits per heavy atom. The highest BCUT2D eigenvalue weighted by Crippen LogP contribution is 2.23. The molecule has 1 unspecified atom stereocenters. The minimum Gasteiger partial charge on any atom is -0.386 e. The van der Waals surface area contributed by atoms with E-state index in [1.807, 2.05) is 5.48 Å². The SMILES string of the molecule is CS(=O)/N=C(\N)CCNc1nonc1C(=Nc1ccc(F)c(Br)c1)NO. The molecule has 0 fully saturated rings. The molecule has 26 heavy (non-hydrogen) atoms. The van der Waals surface area contributed by atoms with Crippen LogP contribution in [0.3, 0.4) is 0 Å². The summed E-state index contributed by atoms with van der Waals surface area (Å²) in [4.78, 5) is 4.13. The van der Waals surface area contributed by atoms with Gasteiger partial charge in [0.2, 0.25) is 5.82 Å². The number of nitrogens with two attached hydrogens (primary N) is 1. The lowest BCUT2D eigenvalue weighted by atomic mass is 10.3. The van der Waals surface area contributed by atoms with Crippen LogP contribution in [0, 0.1) is 5.82 Å². The number of nitrogens with zero attached hydrogens (tertiary/aromatic N) is 4. The van der Waals surface area contributed by atoms with E-state index in [0.717, 1.165) is 0 Å². The molecule has 13 heteroatoms. The summed E-state index contributed by atoms with van der Waals surface area (Å²) in [5, 5.41) is 19.6. The van der Waals surface area contributed by atoms with Gasteiger partial charge >= 0.3 is 0 Å². The molecule has 0 aliphatic rings. The molecule has 2 rings (SSSR count). The maximum absolute atomic E-state index is 13.3. The smallest absolute Gasteiger partial charge is 0.202 e. The van der Waals surface area contributed by atoms with E-state index in [9.17, 15) is 13.8 Å². The fourth-order valence-electron chi connectivity index (χ4n) is 1.79. The Labute approximate surface area is 158 Å². The van der Waals surface area contributed by atoms with Crippen LogP contribution in [0.2, 0.25) is 0 Å². The second kappa shape index (κ2) is 9.35. The van der Waals surface area contributed by atoms with Crippen molar-refractivity contribution >= 4 is 50.1 Å². The van der Waals surface area contributed by atoms with Gasteiger partial charge in [-0.05, 0) is 44.4 Å². The van der Waals surface area contributed by atoms with E-state index in [1.54, 1.807) is 0 Å². The molecule has 5 N–H and O–H groups in total. The lowest BCUT2D eigenvalue weighted by Gasteiger charge is -2.06. The number of anilines is 1. The normalized spacial score (nSPS) is 13.5. The number of benzene rings is 1. The molecule has 0 radical (unpaired) electrons. The predicted molar refractivity (Wildman–Crippen MR) is 98.3 cm³/mol. The van der Waals surface area contributed by atoms with E-state index in [-0.39, 0.29) is 27.7 Å². The Kier molecular flexibility index (Phi) is 7.17. The summed E-state index contributed by atoms with van der Waals surface area (Å²) in [5.41, 5.74) is 7.97. The molecule has 0 aliphatic heterocycles. The summed E-state index contributed by atoms with van der Waals surface area (Å²) in [5.74, 6) is -0.109. The molecule has 1 heterocycles. The van der Waals surface area contributed by atoms with E-state index in [0.29, 0.717) is 18.7 Å². The van der Waals surface area contributed by atoms with Crippen LogP contribution in [0.25, 0.3) is 0 Å². The van der Waals surface area contributed by atoms with Gasteiger partial charge in [0.05, 0.1) is 10.2 Å². The molecule has 1 atom stereocenters. The Balaban J connectivity index is 2.14. The van der Waals surface area contributed by atoms with Gasteiger partial charge in [0.25, 0.3) is 0 Å². The number of hydroxylamine groups is 1. The van der Waals surface area contributed by atoms with E-state index >= 15 is 0 Å². The van der Waals surface area contributed by atoms with Gasteiger partial charge in [0.15, 0.2) is 11.5 Å². The third kappa shape index (κ3) is 5.57. The Bertz CT molecular complexity index is 858. The third-order valence-electron chi connectivity index (χ3n) is 2.88. The van der Waals surface area contributed by atoms with Crippen molar-refractivity contribution in [3.8, 4) is 0 Å². The fraction of sp³-hybridized carbons (Fsp3) is 0.231. The summed E-state index contributed by atoms with van der Waals surface area (Å²) >= 11 is 3.05. The zero-order chi connectivity index (χ0) is 19.1. The Morgan fingerprint density at radius 3 is 2.92 bits per heavy atom. The van der Waals surface area contributed by atoms with Gasteiger partial charge in [-0.25, -0.2) is 18.2 Å². The van der Waals surface area contributed by atoms with Crippen LogP contribution in [0.5, 0.6) is 0 Å². The minimum absolute atomic E-state index is 0.0661. The second-order valence-corrected chi connectivity index (χ2v) is 6.70. The highest BCUT2D eigenvalue weighted by Gasteiger charge is 2.16. The van der Waals surface area contributed by atoms with Gasteiger partial charge in [0.1, 0.15) is 22.6 Å². The molecule has 1 aromatic heterocycles. The van der Waals surface area contributed by atoms with Gasteiger partial charge in [-0.2, -0.15) is 4.40 Å². The number of aliphatic imine (C=N–C) groups is 1. The fourth-order valence-corrected chi connectivity index (χ4v) is 2.58. The maximum atomic E-state index is 13.3. The van der Waals surface area contributed by atoms with Crippen molar-refractivity contribution in [3.63, 3.8) is 0 Å². The second-order valence-electron chi connectivity index (χ2n) is 4.82. The van der Waals surface area contributed by atoms with Gasteiger partial charge in [-0.1, -0.05) is 0 Å². The van der Waals surface area contributed by atoms with E-state index in [4.69, 9.17) is 5.73 Å². The van der Waals surface area contributed by atoms with Crippen molar-refractivity contribution in [3.05, 3.63) is 34.2 Å². The van der Waals surface area contributed by atoms with E-state index in [1.165, 1.54) is 24.5 Å². The molecule has 140 valence electrons. The zero-order valence-corrected chi connectivity index (χ0v) is 15.8. The molecule has 0 amide bonds. The quantitative estimate of drug-likeness (QED) is 0.283. The molecule has 0 spiro atoms. The molecule has 2 aromatic rings. The summed E-state index contributed by atoms with van der Waals surface area (Å²) in [6.07, 6.45) is 1.71. The number of nitrogens with one attached hydrogen (secondary N) is 2. The minimum atomic E-state index is -1.38. The number of rotatable bonds is 7. The monoisotopic (exact) mass is 447 g/mol. The van der Waals surface area contributed by atoms with Crippen molar-refractivity contribution in [2.24, 2.45) is 15.1 Å². The summed E-state index contributed by atoms with van der Waals surface area (Å²) in [7, 11) is -1.38. The number of hydrogen-bond donors (Lipinski definition) is 4. The first-order valence-corrected chi connectivity index (χ1v) is 9.38. The lowest BCUT2D eigenvalue weighted by molar-refractivity contribution is 0.234. The van der Waals surface area contributed by atoms with Crippen molar-refractivity contribution in [2.45, 2.75) is 6.42 Å². The topological polar surface area (TPSA) is 151 Å². The number of amidine groups is 2. The predicted octanol–water partition coefficient (Wildman–Crippen LogP) is 1.48. The maximum Gasteiger partial charge on any atom is 0.202 e. The van der Waals surface area contributed by atoms with Gasteiger partial charge in [0, 0.05) is 19.2 Å². The first-order chi connectivity index (χ1) is 12.4. The van der Waals surface area contributed by atoms with Crippen LogP contribution in [0.15, 0.2) is 36.7 Å². The first-order valence-electron chi connectivity index (χ1n) is 7.08. The summed E-state index contributed by atoms with van der Waals surface area (Å²) < 4.78 is 32.8. The van der Waals surface area contributed by atoms with Crippen LogP contribution in [0.4, 0.5) is 15.9 Å². The summed E-state index contributed by atoms with van der Waals surface area (Å²) in [6.45, 7) is 0.300. The molecular formula is C13H15BrFN7O3S. The number of hydrogen-bond acceptors (Lipinski definition) is 7. The lowest BCUT2D eigenvalue weighted by Crippen LogP contribution is -2.23. The van der Waals surface area contributed by atoms with E-state index in [2.05, 4.69) is 45.6 Å². The van der Waals surface area contributed by atoms with Gasteiger partial charge in [-0.15, -0.1) is 0 Å². The first kappa shape index (κ1) is 19.9. The van der Waals surface area contributed by atoms with Crippen molar-refractivity contribution < 1.29 is 18.4 Å². The average molecular weight is 448 g/mol. The number of halogens is 2. The molecule has 0 saturated heterocycles. The molecule has 10 nitrogen and oxygen atoms in total. The zero-order valence-electron chi connectivity index (χ0n) is 13.4. The Morgan fingerprint density at radius 2 is 2.27 bits per heavy atom. The summed E-state index contributed by atoms with van der Waals surface area (Å²) in [6, 6.07) is 4.06. The van der Waals surface area contributed by atoms with Crippen molar-refractivity contribution in [1.29, 1.82) is 0 Å². The largest absolute Gasteiger partial charge is 0.386 e. The Hall–Kier alpha value is -2.38. The van der Waals surface area contributed by atoms with E-state index < -0.39 is 16.8 Å². The van der Waals surface area contributed by atoms with Gasteiger partial charge < -0.3 is 11.1 Å². The molecule has 0 aliphatic carbocycles. The molecule has 1 aromatic carbocycles. The van der Waals surface area contributed by atoms with Gasteiger partial charge in [-0.3, -0.25) is 10.7 Å². The van der Waals surface area contributed by atoms with Crippen molar-refractivity contribution in [1.82, 2.24) is 15.8 Å². The average Bonchev–Trinajstić information content (AvgIpc) is 3.03. The molecular weight excluding hydrogens is 433 g/mol. The van der Waals surface area contributed by atoms with Crippen LogP contribution >= 0.6 is 15.9 Å². The molecule has 0 bridgehead atoms. The molecule has 0 saturated carbocycles.